The van der Waals surface area contributed by atoms with Crippen molar-refractivity contribution in [3.8, 4) is 0 Å². The van der Waals surface area contributed by atoms with E-state index in [2.05, 4.69) is 25.2 Å². The van der Waals surface area contributed by atoms with E-state index in [0.717, 1.165) is 6.61 Å². The molecule has 0 aliphatic heterocycles. The van der Waals surface area contributed by atoms with Crippen molar-refractivity contribution in [1.82, 2.24) is 0 Å². The number of rotatable bonds is 3. The van der Waals surface area contributed by atoms with Gasteiger partial charge in [-0.3, -0.25) is 0 Å². The Morgan fingerprint density at radius 1 is 1.18 bits per heavy atom. The summed E-state index contributed by atoms with van der Waals surface area (Å²) >= 11 is 0. The van der Waals surface area contributed by atoms with Crippen LogP contribution < -0.4 is 0 Å². The van der Waals surface area contributed by atoms with Crippen molar-refractivity contribution in [2.75, 3.05) is 0 Å². The van der Waals surface area contributed by atoms with Crippen molar-refractivity contribution < 1.29 is 4.43 Å². The Morgan fingerprint density at radius 2 is 1.82 bits per heavy atom. The summed E-state index contributed by atoms with van der Waals surface area (Å²) in [5.74, 6) is 0. The van der Waals surface area contributed by atoms with Crippen molar-refractivity contribution in [1.29, 1.82) is 0 Å². The van der Waals surface area contributed by atoms with Gasteiger partial charge in [0, 0.05) is 0 Å². The normalized spacial score (nSPS) is 10.5. The molecule has 0 saturated heterocycles. The predicted octanol–water partition coefficient (Wildman–Crippen LogP) is 2.19. The second kappa shape index (κ2) is 4.31. The molecule has 11 heavy (non-hydrogen) atoms. The van der Waals surface area contributed by atoms with Crippen LogP contribution in [0.4, 0.5) is 0 Å². The van der Waals surface area contributed by atoms with Gasteiger partial charge in [-0.05, 0) is 18.7 Å². The standard InChI is InChI=1S/C9H14OSi/c1-11(2)10-8-9-6-4-3-5-7-9/h3-7,11H,8H2,1-2H3. The van der Waals surface area contributed by atoms with E-state index in [0.29, 0.717) is 0 Å². The molecule has 0 amide bonds. The van der Waals surface area contributed by atoms with Gasteiger partial charge >= 0.3 is 0 Å². The Labute approximate surface area is 69.7 Å². The minimum Gasteiger partial charge on any atom is -0.416 e. The van der Waals surface area contributed by atoms with E-state index in [9.17, 15) is 0 Å². The van der Waals surface area contributed by atoms with Crippen LogP contribution in [0.25, 0.3) is 0 Å². The highest BCUT2D eigenvalue weighted by molar-refractivity contribution is 6.48. The lowest BCUT2D eigenvalue weighted by atomic mass is 10.2. The monoisotopic (exact) mass is 166 g/mol. The molecule has 1 nitrogen and oxygen atoms in total. The van der Waals surface area contributed by atoms with Crippen LogP contribution in [0.3, 0.4) is 0 Å². The molecular weight excluding hydrogens is 152 g/mol. The Kier molecular flexibility index (Phi) is 3.33. The largest absolute Gasteiger partial charge is 0.416 e. The molecule has 0 aromatic heterocycles. The average molecular weight is 166 g/mol. The molecule has 1 aromatic carbocycles. The SMILES string of the molecule is C[SiH](C)OCc1ccccc1. The molecule has 2 heteroatoms. The van der Waals surface area contributed by atoms with Crippen molar-refractivity contribution in [3.63, 3.8) is 0 Å². The zero-order valence-corrected chi connectivity index (χ0v) is 8.23. The van der Waals surface area contributed by atoms with Crippen LogP contribution in [0.1, 0.15) is 5.56 Å². The third-order valence-corrected chi connectivity index (χ3v) is 2.26. The summed E-state index contributed by atoms with van der Waals surface area (Å²) in [5.41, 5.74) is 1.27. The van der Waals surface area contributed by atoms with Gasteiger partial charge in [-0.1, -0.05) is 30.3 Å². The minimum atomic E-state index is -0.840. The van der Waals surface area contributed by atoms with Crippen LogP contribution in [0, 0.1) is 0 Å². The first-order valence-corrected chi connectivity index (χ1v) is 6.72. The lowest BCUT2D eigenvalue weighted by Crippen LogP contribution is -2.06. The average Bonchev–Trinajstić information content (AvgIpc) is 2.03. The van der Waals surface area contributed by atoms with E-state index < -0.39 is 9.04 Å². The third-order valence-electron chi connectivity index (χ3n) is 1.43. The molecule has 0 aliphatic rings. The zero-order chi connectivity index (χ0) is 8.10. The number of benzene rings is 1. The topological polar surface area (TPSA) is 9.23 Å². The summed E-state index contributed by atoms with van der Waals surface area (Å²) in [6.07, 6.45) is 0. The fraction of sp³-hybridized carbons (Fsp3) is 0.333. The second-order valence-corrected chi connectivity index (χ2v) is 5.28. The van der Waals surface area contributed by atoms with Gasteiger partial charge in [-0.25, -0.2) is 0 Å². The van der Waals surface area contributed by atoms with Crippen molar-refractivity contribution in [2.24, 2.45) is 0 Å². The summed E-state index contributed by atoms with van der Waals surface area (Å²) in [5, 5.41) is 0. The van der Waals surface area contributed by atoms with E-state index in [4.69, 9.17) is 4.43 Å². The van der Waals surface area contributed by atoms with Gasteiger partial charge < -0.3 is 4.43 Å². The summed E-state index contributed by atoms with van der Waals surface area (Å²) in [6.45, 7) is 5.15. The molecule has 0 aliphatic carbocycles. The van der Waals surface area contributed by atoms with E-state index in [1.807, 2.05) is 18.2 Å². The first-order valence-electron chi connectivity index (χ1n) is 3.94. The molecular formula is C9H14OSi. The van der Waals surface area contributed by atoms with Crippen LogP contribution in [0.15, 0.2) is 30.3 Å². The van der Waals surface area contributed by atoms with Gasteiger partial charge in [0.25, 0.3) is 0 Å². The molecule has 0 saturated carbocycles. The van der Waals surface area contributed by atoms with E-state index in [1.54, 1.807) is 0 Å². The molecule has 0 atom stereocenters. The van der Waals surface area contributed by atoms with Gasteiger partial charge in [-0.15, -0.1) is 0 Å². The van der Waals surface area contributed by atoms with Gasteiger partial charge in [0.15, 0.2) is 9.04 Å². The molecule has 0 spiro atoms. The highest BCUT2D eigenvalue weighted by atomic mass is 28.3. The van der Waals surface area contributed by atoms with Crippen molar-refractivity contribution >= 4 is 9.04 Å². The lowest BCUT2D eigenvalue weighted by molar-refractivity contribution is 0.314. The maximum Gasteiger partial charge on any atom is 0.171 e. The van der Waals surface area contributed by atoms with E-state index in [1.165, 1.54) is 5.56 Å². The molecule has 0 unspecified atom stereocenters. The molecule has 60 valence electrons. The zero-order valence-electron chi connectivity index (χ0n) is 7.08. The smallest absolute Gasteiger partial charge is 0.171 e. The summed E-state index contributed by atoms with van der Waals surface area (Å²) in [6, 6.07) is 10.3. The van der Waals surface area contributed by atoms with Crippen LogP contribution >= 0.6 is 0 Å². The van der Waals surface area contributed by atoms with Gasteiger partial charge in [0.1, 0.15) is 0 Å². The quantitative estimate of drug-likeness (QED) is 0.625. The van der Waals surface area contributed by atoms with Crippen molar-refractivity contribution in [2.45, 2.75) is 19.7 Å². The highest BCUT2D eigenvalue weighted by Crippen LogP contribution is 2.01. The Bertz CT molecular complexity index is 196. The summed E-state index contributed by atoms with van der Waals surface area (Å²) in [7, 11) is -0.840. The molecule has 1 rings (SSSR count). The maximum atomic E-state index is 5.57. The Hall–Kier alpha value is -0.603. The van der Waals surface area contributed by atoms with Gasteiger partial charge in [0.05, 0.1) is 6.61 Å². The first kappa shape index (κ1) is 8.49. The molecule has 0 heterocycles. The van der Waals surface area contributed by atoms with E-state index >= 15 is 0 Å². The number of hydrogen-bond donors (Lipinski definition) is 0. The van der Waals surface area contributed by atoms with E-state index in [-0.39, 0.29) is 0 Å². The van der Waals surface area contributed by atoms with Crippen LogP contribution in [-0.2, 0) is 11.0 Å². The lowest BCUT2D eigenvalue weighted by Gasteiger charge is -2.05. The van der Waals surface area contributed by atoms with Crippen LogP contribution in [0.2, 0.25) is 13.1 Å². The summed E-state index contributed by atoms with van der Waals surface area (Å²) < 4.78 is 5.57. The van der Waals surface area contributed by atoms with Crippen molar-refractivity contribution in [3.05, 3.63) is 35.9 Å². The molecule has 1 aromatic rings. The summed E-state index contributed by atoms with van der Waals surface area (Å²) in [4.78, 5) is 0. The van der Waals surface area contributed by atoms with Gasteiger partial charge in [-0.2, -0.15) is 0 Å². The third kappa shape index (κ3) is 3.35. The Balaban J connectivity index is 2.39. The fourth-order valence-corrected chi connectivity index (χ4v) is 1.36. The maximum absolute atomic E-state index is 5.57. The molecule has 0 fully saturated rings. The fourth-order valence-electron chi connectivity index (χ4n) is 0.837. The second-order valence-electron chi connectivity index (χ2n) is 2.85. The first-order chi connectivity index (χ1) is 5.29. The van der Waals surface area contributed by atoms with Crippen LogP contribution in [-0.4, -0.2) is 9.04 Å². The van der Waals surface area contributed by atoms with Gasteiger partial charge in [0.2, 0.25) is 0 Å². The molecule has 0 N–H and O–H groups in total. The Morgan fingerprint density at radius 3 is 2.36 bits per heavy atom. The molecule has 0 radical (unpaired) electrons. The molecule has 0 bridgehead atoms. The minimum absolute atomic E-state index is 0.782. The predicted molar refractivity (Wildman–Crippen MR) is 50.1 cm³/mol. The van der Waals surface area contributed by atoms with Crippen LogP contribution in [0.5, 0.6) is 0 Å². The number of hydrogen-bond acceptors (Lipinski definition) is 1. The highest BCUT2D eigenvalue weighted by Gasteiger charge is 1.95.